The molecule has 3 heterocycles. The minimum Gasteiger partial charge on any atom is -0.492 e. The molecule has 4 nitrogen and oxygen atoms in total. The van der Waals surface area contributed by atoms with Crippen LogP contribution in [0.25, 0.3) is 0 Å². The van der Waals surface area contributed by atoms with Crippen molar-refractivity contribution in [1.29, 1.82) is 0 Å². The number of hydrogen-bond acceptors (Lipinski definition) is 4. The van der Waals surface area contributed by atoms with E-state index in [0.29, 0.717) is 44.2 Å². The third kappa shape index (κ3) is 2.56. The van der Waals surface area contributed by atoms with Gasteiger partial charge in [0.05, 0.1) is 5.41 Å². The van der Waals surface area contributed by atoms with Gasteiger partial charge in [-0.2, -0.15) is 0 Å². The summed E-state index contributed by atoms with van der Waals surface area (Å²) >= 11 is 0. The first-order valence-corrected chi connectivity index (χ1v) is 9.99. The molecule has 0 amide bonds. The van der Waals surface area contributed by atoms with E-state index in [1.54, 1.807) is 0 Å². The van der Waals surface area contributed by atoms with Gasteiger partial charge in [-0.25, -0.2) is 8.78 Å². The summed E-state index contributed by atoms with van der Waals surface area (Å²) in [6.07, 6.45) is 0. The summed E-state index contributed by atoms with van der Waals surface area (Å²) in [5, 5.41) is 0. The van der Waals surface area contributed by atoms with Crippen molar-refractivity contribution in [3.63, 3.8) is 0 Å². The second-order valence-electron chi connectivity index (χ2n) is 8.01. The van der Waals surface area contributed by atoms with Gasteiger partial charge < -0.3 is 19.1 Å². The fourth-order valence-corrected chi connectivity index (χ4v) is 4.91. The summed E-state index contributed by atoms with van der Waals surface area (Å²) in [5.41, 5.74) is 3.49. The van der Waals surface area contributed by atoms with E-state index in [0.717, 1.165) is 34.4 Å². The molecule has 6 heteroatoms. The predicted octanol–water partition coefficient (Wildman–Crippen LogP) is 4.43. The molecule has 152 valence electrons. The molecule has 0 saturated carbocycles. The number of anilines is 1. The molecule has 0 radical (unpaired) electrons. The van der Waals surface area contributed by atoms with Gasteiger partial charge in [0.25, 0.3) is 0 Å². The standard InChI is InChI=1S/C24H19F2NO3/c25-16-7-15(8-17(26)9-16)12-27-13-24(18-3-1-2-4-20(18)27)14-30-21-11-23-22(10-19(21)24)28-5-6-29-23/h1-4,7-11H,5-6,12-14H2. The Hall–Kier alpha value is -3.28. The van der Waals surface area contributed by atoms with Crippen molar-refractivity contribution in [1.82, 2.24) is 0 Å². The Morgan fingerprint density at radius 2 is 1.53 bits per heavy atom. The molecule has 1 spiro atoms. The van der Waals surface area contributed by atoms with Gasteiger partial charge in [-0.15, -0.1) is 0 Å². The maximum atomic E-state index is 13.7. The van der Waals surface area contributed by atoms with Crippen molar-refractivity contribution in [2.75, 3.05) is 31.3 Å². The zero-order valence-electron chi connectivity index (χ0n) is 16.2. The number of hydrogen-bond donors (Lipinski definition) is 0. The normalized spacial score (nSPS) is 20.8. The molecule has 0 saturated heterocycles. The highest BCUT2D eigenvalue weighted by molar-refractivity contribution is 5.70. The molecule has 0 N–H and O–H groups in total. The Kier molecular flexibility index (Phi) is 3.72. The summed E-state index contributed by atoms with van der Waals surface area (Å²) in [4.78, 5) is 2.17. The van der Waals surface area contributed by atoms with Gasteiger partial charge in [-0.05, 0) is 35.4 Å². The molecule has 1 atom stereocenters. The molecule has 0 aromatic heterocycles. The van der Waals surface area contributed by atoms with Crippen LogP contribution in [0, 0.1) is 11.6 Å². The van der Waals surface area contributed by atoms with Crippen LogP contribution in [0.1, 0.15) is 16.7 Å². The van der Waals surface area contributed by atoms with Gasteiger partial charge >= 0.3 is 0 Å². The van der Waals surface area contributed by atoms with E-state index in [9.17, 15) is 8.78 Å². The molecule has 0 fully saturated rings. The zero-order valence-corrected chi connectivity index (χ0v) is 16.2. The molecule has 0 bridgehead atoms. The van der Waals surface area contributed by atoms with Crippen LogP contribution in [0.4, 0.5) is 14.5 Å². The van der Waals surface area contributed by atoms with Crippen molar-refractivity contribution in [3.8, 4) is 17.2 Å². The van der Waals surface area contributed by atoms with Crippen LogP contribution in [0.2, 0.25) is 0 Å². The van der Waals surface area contributed by atoms with E-state index in [1.807, 2.05) is 24.3 Å². The number of benzene rings is 3. The fraction of sp³-hybridized carbons (Fsp3) is 0.250. The van der Waals surface area contributed by atoms with Gasteiger partial charge in [0.1, 0.15) is 37.2 Å². The molecule has 3 aromatic carbocycles. The van der Waals surface area contributed by atoms with E-state index < -0.39 is 11.6 Å². The van der Waals surface area contributed by atoms with Crippen LogP contribution in [0.15, 0.2) is 54.6 Å². The van der Waals surface area contributed by atoms with E-state index in [4.69, 9.17) is 14.2 Å². The van der Waals surface area contributed by atoms with Crippen LogP contribution >= 0.6 is 0 Å². The van der Waals surface area contributed by atoms with E-state index in [-0.39, 0.29) is 5.41 Å². The average molecular weight is 407 g/mol. The smallest absolute Gasteiger partial charge is 0.165 e. The van der Waals surface area contributed by atoms with Gasteiger partial charge in [0.15, 0.2) is 11.5 Å². The third-order valence-corrected chi connectivity index (χ3v) is 6.15. The van der Waals surface area contributed by atoms with E-state index in [1.165, 1.54) is 12.1 Å². The van der Waals surface area contributed by atoms with Gasteiger partial charge in [-0.1, -0.05) is 18.2 Å². The minimum absolute atomic E-state index is 0.367. The maximum absolute atomic E-state index is 13.7. The Balaban J connectivity index is 1.43. The Morgan fingerprint density at radius 3 is 2.33 bits per heavy atom. The second-order valence-corrected chi connectivity index (χ2v) is 8.01. The quantitative estimate of drug-likeness (QED) is 0.629. The lowest BCUT2D eigenvalue weighted by atomic mass is 9.77. The lowest BCUT2D eigenvalue weighted by Gasteiger charge is -2.26. The largest absolute Gasteiger partial charge is 0.492 e. The number of nitrogens with zero attached hydrogens (tertiary/aromatic N) is 1. The Labute approximate surface area is 172 Å². The topological polar surface area (TPSA) is 30.9 Å². The first-order valence-electron chi connectivity index (χ1n) is 9.99. The predicted molar refractivity (Wildman–Crippen MR) is 108 cm³/mol. The second kappa shape index (κ2) is 6.36. The number of ether oxygens (including phenoxy) is 3. The maximum Gasteiger partial charge on any atom is 0.165 e. The van der Waals surface area contributed by atoms with Crippen LogP contribution in [-0.2, 0) is 12.0 Å². The first kappa shape index (κ1) is 17.6. The molecular weight excluding hydrogens is 388 g/mol. The summed E-state index contributed by atoms with van der Waals surface area (Å²) in [6.45, 7) is 2.60. The number of para-hydroxylation sites is 1. The van der Waals surface area contributed by atoms with Gasteiger partial charge in [0.2, 0.25) is 0 Å². The highest BCUT2D eigenvalue weighted by atomic mass is 19.1. The zero-order chi connectivity index (χ0) is 20.3. The minimum atomic E-state index is -0.564. The van der Waals surface area contributed by atoms with Crippen LogP contribution in [0.3, 0.4) is 0 Å². The van der Waals surface area contributed by atoms with E-state index in [2.05, 4.69) is 17.0 Å². The molecule has 3 aromatic rings. The Bertz CT molecular complexity index is 1140. The number of halogens is 2. The van der Waals surface area contributed by atoms with Gasteiger partial charge in [0, 0.05) is 36.5 Å². The molecule has 3 aliphatic heterocycles. The Morgan fingerprint density at radius 1 is 0.800 bits per heavy atom. The van der Waals surface area contributed by atoms with Crippen molar-refractivity contribution < 1.29 is 23.0 Å². The molecule has 30 heavy (non-hydrogen) atoms. The van der Waals surface area contributed by atoms with Crippen LogP contribution in [0.5, 0.6) is 17.2 Å². The van der Waals surface area contributed by atoms with Crippen molar-refractivity contribution in [2.45, 2.75) is 12.0 Å². The first-order chi connectivity index (χ1) is 14.6. The SMILES string of the molecule is Fc1cc(F)cc(CN2CC3(COc4cc5c(cc43)OCCO5)c3ccccc32)c1. The fourth-order valence-electron chi connectivity index (χ4n) is 4.91. The van der Waals surface area contributed by atoms with Gasteiger partial charge in [-0.3, -0.25) is 0 Å². The highest BCUT2D eigenvalue weighted by Gasteiger charge is 2.50. The number of rotatable bonds is 2. The van der Waals surface area contributed by atoms with Crippen molar-refractivity contribution in [2.24, 2.45) is 0 Å². The number of fused-ring (bicyclic) bond motifs is 5. The summed E-state index contributed by atoms with van der Waals surface area (Å²) in [7, 11) is 0. The van der Waals surface area contributed by atoms with E-state index >= 15 is 0 Å². The molecule has 0 aliphatic carbocycles. The summed E-state index contributed by atoms with van der Waals surface area (Å²) in [5.74, 6) is 1.10. The highest BCUT2D eigenvalue weighted by Crippen LogP contribution is 2.54. The molecular formula is C24H19F2NO3. The molecule has 3 aliphatic rings. The van der Waals surface area contributed by atoms with Crippen molar-refractivity contribution in [3.05, 3.63) is 82.9 Å². The lowest BCUT2D eigenvalue weighted by Crippen LogP contribution is -2.36. The third-order valence-electron chi connectivity index (χ3n) is 6.15. The lowest BCUT2D eigenvalue weighted by molar-refractivity contribution is 0.171. The monoisotopic (exact) mass is 407 g/mol. The van der Waals surface area contributed by atoms with Crippen LogP contribution < -0.4 is 19.1 Å². The van der Waals surface area contributed by atoms with Crippen molar-refractivity contribution >= 4 is 5.69 Å². The summed E-state index contributed by atoms with van der Waals surface area (Å²) < 4.78 is 45.1. The summed E-state index contributed by atoms with van der Waals surface area (Å²) in [6, 6.07) is 15.8. The molecule has 1 unspecified atom stereocenters. The molecule has 6 rings (SSSR count). The van der Waals surface area contributed by atoms with Crippen LogP contribution in [-0.4, -0.2) is 26.4 Å². The average Bonchev–Trinajstić information content (AvgIpc) is 3.25.